The lowest BCUT2D eigenvalue weighted by Gasteiger charge is -2.09. The molecule has 0 aliphatic carbocycles. The van der Waals surface area contributed by atoms with Gasteiger partial charge in [0.25, 0.3) is 0 Å². The maximum absolute atomic E-state index is 11.7. The van der Waals surface area contributed by atoms with Crippen molar-refractivity contribution < 1.29 is 9.21 Å². The molecule has 0 saturated heterocycles. The Bertz CT molecular complexity index is 657. The first-order valence-electron chi connectivity index (χ1n) is 6.10. The van der Waals surface area contributed by atoms with Gasteiger partial charge in [0.05, 0.1) is 5.52 Å². The van der Waals surface area contributed by atoms with E-state index in [2.05, 4.69) is 5.32 Å². The highest BCUT2D eigenvalue weighted by Crippen LogP contribution is 2.18. The van der Waals surface area contributed by atoms with E-state index in [4.69, 9.17) is 10.2 Å². The normalized spacial score (nSPS) is 12.6. The second-order valence-electron chi connectivity index (χ2n) is 4.70. The number of oxazole rings is 1. The molecule has 0 aliphatic heterocycles. The molecule has 0 fully saturated rings. The molecule has 6 heteroatoms. The number of hydrogen-bond acceptors (Lipinski definition) is 4. The summed E-state index contributed by atoms with van der Waals surface area (Å²) in [6.07, 6.45) is 0.374. The highest BCUT2D eigenvalue weighted by molar-refractivity contribution is 5.92. The second-order valence-corrected chi connectivity index (χ2v) is 4.70. The molecule has 0 saturated carbocycles. The van der Waals surface area contributed by atoms with Gasteiger partial charge in [-0.1, -0.05) is 6.92 Å². The Morgan fingerprint density at radius 3 is 2.95 bits per heavy atom. The summed E-state index contributed by atoms with van der Waals surface area (Å²) in [4.78, 5) is 23.1. The van der Waals surface area contributed by atoms with Crippen LogP contribution in [0.25, 0.3) is 11.1 Å². The number of nitrogens with zero attached hydrogens (tertiary/aromatic N) is 1. The smallest absolute Gasteiger partial charge is 0.408 e. The Labute approximate surface area is 110 Å². The first kappa shape index (κ1) is 13.4. The average molecular weight is 263 g/mol. The van der Waals surface area contributed by atoms with E-state index in [1.807, 2.05) is 6.92 Å². The summed E-state index contributed by atoms with van der Waals surface area (Å²) in [7, 11) is 1.62. The molecule has 1 aromatic carbocycles. The van der Waals surface area contributed by atoms with Crippen molar-refractivity contribution in [1.82, 2.24) is 4.57 Å². The van der Waals surface area contributed by atoms with E-state index < -0.39 is 5.76 Å². The van der Waals surface area contributed by atoms with Crippen LogP contribution >= 0.6 is 0 Å². The molecule has 1 heterocycles. The monoisotopic (exact) mass is 263 g/mol. The number of amides is 1. The predicted octanol–water partition coefficient (Wildman–Crippen LogP) is 1.05. The van der Waals surface area contributed by atoms with Crippen molar-refractivity contribution >= 4 is 22.7 Å². The second kappa shape index (κ2) is 5.27. The molecule has 1 amide bonds. The van der Waals surface area contributed by atoms with Gasteiger partial charge in [-0.2, -0.15) is 0 Å². The van der Waals surface area contributed by atoms with E-state index in [1.54, 1.807) is 25.2 Å². The molecule has 3 N–H and O–H groups in total. The topological polar surface area (TPSA) is 90.3 Å². The molecular formula is C13H17N3O3. The minimum atomic E-state index is -0.421. The SMILES string of the molecule is CC(CN)CC(=O)Nc1ccc2oc(=O)n(C)c2c1. The average Bonchev–Trinajstić information content (AvgIpc) is 2.65. The van der Waals surface area contributed by atoms with Crippen molar-refractivity contribution in [3.63, 3.8) is 0 Å². The van der Waals surface area contributed by atoms with Crippen LogP contribution in [-0.2, 0) is 11.8 Å². The van der Waals surface area contributed by atoms with Gasteiger partial charge in [-0.3, -0.25) is 9.36 Å². The zero-order valence-electron chi connectivity index (χ0n) is 11.0. The fraction of sp³-hybridized carbons (Fsp3) is 0.385. The molecule has 2 rings (SSSR count). The number of nitrogens with two attached hydrogens (primary N) is 1. The van der Waals surface area contributed by atoms with Crippen LogP contribution in [0, 0.1) is 5.92 Å². The summed E-state index contributed by atoms with van der Waals surface area (Å²) in [6, 6.07) is 5.08. The van der Waals surface area contributed by atoms with Gasteiger partial charge in [0.2, 0.25) is 5.91 Å². The fourth-order valence-corrected chi connectivity index (χ4v) is 1.82. The van der Waals surface area contributed by atoms with Crippen LogP contribution in [0.3, 0.4) is 0 Å². The van der Waals surface area contributed by atoms with Crippen LogP contribution in [0.15, 0.2) is 27.4 Å². The van der Waals surface area contributed by atoms with Crippen molar-refractivity contribution in [3.8, 4) is 0 Å². The number of benzene rings is 1. The Balaban J connectivity index is 2.19. The lowest BCUT2D eigenvalue weighted by atomic mass is 10.1. The van der Waals surface area contributed by atoms with Crippen LogP contribution < -0.4 is 16.8 Å². The molecule has 1 atom stereocenters. The van der Waals surface area contributed by atoms with Gasteiger partial charge in [0, 0.05) is 19.2 Å². The minimum Gasteiger partial charge on any atom is -0.408 e. The zero-order chi connectivity index (χ0) is 14.0. The number of fused-ring (bicyclic) bond motifs is 1. The number of hydrogen-bond donors (Lipinski definition) is 2. The number of aromatic nitrogens is 1. The first-order chi connectivity index (χ1) is 9.01. The number of carbonyl (C=O) groups excluding carboxylic acids is 1. The Hall–Kier alpha value is -2.08. The number of carbonyl (C=O) groups is 1. The summed E-state index contributed by atoms with van der Waals surface area (Å²) >= 11 is 0. The number of nitrogens with one attached hydrogen (secondary N) is 1. The van der Waals surface area contributed by atoms with Gasteiger partial charge < -0.3 is 15.5 Å². The number of anilines is 1. The summed E-state index contributed by atoms with van der Waals surface area (Å²) in [5.41, 5.74) is 7.27. The van der Waals surface area contributed by atoms with Crippen LogP contribution in [0.4, 0.5) is 5.69 Å². The van der Waals surface area contributed by atoms with Crippen LogP contribution in [0.1, 0.15) is 13.3 Å². The van der Waals surface area contributed by atoms with Crippen LogP contribution in [0.5, 0.6) is 0 Å². The molecular weight excluding hydrogens is 246 g/mol. The van der Waals surface area contributed by atoms with Crippen LogP contribution in [-0.4, -0.2) is 17.0 Å². The highest BCUT2D eigenvalue weighted by Gasteiger charge is 2.10. The maximum Gasteiger partial charge on any atom is 0.419 e. The Kier molecular flexibility index (Phi) is 3.71. The van der Waals surface area contributed by atoms with Gasteiger partial charge in [-0.05, 0) is 30.7 Å². The zero-order valence-corrected chi connectivity index (χ0v) is 11.0. The summed E-state index contributed by atoms with van der Waals surface area (Å²) < 4.78 is 6.42. The van der Waals surface area contributed by atoms with Crippen molar-refractivity contribution in [2.24, 2.45) is 18.7 Å². The van der Waals surface area contributed by atoms with E-state index in [9.17, 15) is 9.59 Å². The van der Waals surface area contributed by atoms with Crippen molar-refractivity contribution in [2.45, 2.75) is 13.3 Å². The molecule has 102 valence electrons. The summed E-state index contributed by atoms with van der Waals surface area (Å²) in [5.74, 6) is -0.372. The molecule has 2 aromatic rings. The van der Waals surface area contributed by atoms with Crippen molar-refractivity contribution in [2.75, 3.05) is 11.9 Å². The molecule has 0 radical (unpaired) electrons. The maximum atomic E-state index is 11.7. The van der Waals surface area contributed by atoms with Gasteiger partial charge in [0.1, 0.15) is 0 Å². The van der Waals surface area contributed by atoms with E-state index in [0.717, 1.165) is 0 Å². The van der Waals surface area contributed by atoms with E-state index >= 15 is 0 Å². The number of rotatable bonds is 4. The molecule has 6 nitrogen and oxygen atoms in total. The predicted molar refractivity (Wildman–Crippen MR) is 72.9 cm³/mol. The molecule has 0 bridgehead atoms. The third-order valence-corrected chi connectivity index (χ3v) is 3.01. The quantitative estimate of drug-likeness (QED) is 0.862. The lowest BCUT2D eigenvalue weighted by Crippen LogP contribution is -2.20. The fourth-order valence-electron chi connectivity index (χ4n) is 1.82. The van der Waals surface area contributed by atoms with Crippen molar-refractivity contribution in [3.05, 3.63) is 28.7 Å². The van der Waals surface area contributed by atoms with Crippen molar-refractivity contribution in [1.29, 1.82) is 0 Å². The molecule has 0 aliphatic rings. The summed E-state index contributed by atoms with van der Waals surface area (Å²) in [5, 5.41) is 2.78. The largest absolute Gasteiger partial charge is 0.419 e. The summed E-state index contributed by atoms with van der Waals surface area (Å²) in [6.45, 7) is 2.39. The van der Waals surface area contributed by atoms with E-state index in [1.165, 1.54) is 4.57 Å². The third kappa shape index (κ3) is 2.85. The van der Waals surface area contributed by atoms with Gasteiger partial charge in [-0.25, -0.2) is 4.79 Å². The van der Waals surface area contributed by atoms with Crippen LogP contribution in [0.2, 0.25) is 0 Å². The van der Waals surface area contributed by atoms with Gasteiger partial charge in [-0.15, -0.1) is 0 Å². The lowest BCUT2D eigenvalue weighted by molar-refractivity contribution is -0.116. The van der Waals surface area contributed by atoms with Gasteiger partial charge in [0.15, 0.2) is 5.58 Å². The van der Waals surface area contributed by atoms with E-state index in [-0.39, 0.29) is 11.8 Å². The molecule has 1 unspecified atom stereocenters. The Morgan fingerprint density at radius 2 is 2.26 bits per heavy atom. The standard InChI is InChI=1S/C13H17N3O3/c1-8(7-14)5-12(17)15-9-3-4-11-10(6-9)16(2)13(18)19-11/h3-4,6,8H,5,7,14H2,1-2H3,(H,15,17). The molecule has 19 heavy (non-hydrogen) atoms. The van der Waals surface area contributed by atoms with E-state index in [0.29, 0.717) is 29.8 Å². The number of aryl methyl sites for hydroxylation is 1. The Morgan fingerprint density at radius 1 is 1.53 bits per heavy atom. The first-order valence-corrected chi connectivity index (χ1v) is 6.10. The molecule has 0 spiro atoms. The highest BCUT2D eigenvalue weighted by atomic mass is 16.4. The minimum absolute atomic E-state index is 0.0919. The third-order valence-electron chi connectivity index (χ3n) is 3.01. The molecule has 1 aromatic heterocycles. The van der Waals surface area contributed by atoms with Gasteiger partial charge >= 0.3 is 5.76 Å².